The summed E-state index contributed by atoms with van der Waals surface area (Å²) in [6.07, 6.45) is 0.768. The molecule has 3 heteroatoms. The number of esters is 1. The van der Waals surface area contributed by atoms with Crippen LogP contribution in [0, 0.1) is 0 Å². The smallest absolute Gasteiger partial charge is 0.337 e. The van der Waals surface area contributed by atoms with E-state index < -0.39 is 0 Å². The Morgan fingerprint density at radius 2 is 1.59 bits per heavy atom. The Morgan fingerprint density at radius 3 is 2.33 bits per heavy atom. The molecule has 0 saturated carbocycles. The molecule has 0 unspecified atom stereocenters. The van der Waals surface area contributed by atoms with Crippen LogP contribution in [-0.2, 0) is 11.2 Å². The van der Waals surface area contributed by atoms with Gasteiger partial charge in [0, 0.05) is 10.9 Å². The van der Waals surface area contributed by atoms with Gasteiger partial charge in [-0.1, -0.05) is 60.7 Å². The molecule has 132 valence electrons. The van der Waals surface area contributed by atoms with Gasteiger partial charge in [0.15, 0.2) is 0 Å². The van der Waals surface area contributed by atoms with E-state index in [0.717, 1.165) is 34.1 Å². The normalized spacial score (nSPS) is 10.7. The molecular formula is C24H19NO2. The molecule has 3 nitrogen and oxygen atoms in total. The molecule has 1 aromatic heterocycles. The fraction of sp³-hybridized carbons (Fsp3) is 0.0833. The van der Waals surface area contributed by atoms with Crippen molar-refractivity contribution >= 4 is 16.9 Å². The predicted octanol–water partition coefficient (Wildman–Crippen LogP) is 5.28. The summed E-state index contributed by atoms with van der Waals surface area (Å²) in [5.74, 6) is -0.317. The minimum Gasteiger partial charge on any atom is -0.465 e. The minimum absolute atomic E-state index is 0.317. The molecule has 4 rings (SSSR count). The standard InChI is InChI=1S/C24H19NO2/c1-27-24(26)19-13-11-17(12-14-19)15-20-16-23(18-7-3-2-4-8-18)25-22-10-6-5-9-21(20)22/h2-14,16H,15H2,1H3. The molecular weight excluding hydrogens is 334 g/mol. The molecule has 0 saturated heterocycles. The maximum absolute atomic E-state index is 11.6. The van der Waals surface area contributed by atoms with Gasteiger partial charge < -0.3 is 4.74 Å². The first-order valence-corrected chi connectivity index (χ1v) is 8.86. The zero-order chi connectivity index (χ0) is 18.6. The first-order valence-electron chi connectivity index (χ1n) is 8.86. The van der Waals surface area contributed by atoms with Crippen molar-refractivity contribution in [1.82, 2.24) is 4.98 Å². The third-order valence-corrected chi connectivity index (χ3v) is 4.64. The number of pyridine rings is 1. The number of hydrogen-bond donors (Lipinski definition) is 0. The highest BCUT2D eigenvalue weighted by Gasteiger charge is 2.09. The van der Waals surface area contributed by atoms with Crippen molar-refractivity contribution in [3.05, 3.63) is 102 Å². The monoisotopic (exact) mass is 353 g/mol. The Hall–Kier alpha value is -3.46. The number of carbonyl (C=O) groups is 1. The number of aromatic nitrogens is 1. The molecule has 0 amide bonds. The van der Waals surface area contributed by atoms with Crippen molar-refractivity contribution in [3.63, 3.8) is 0 Å². The Labute approximate surface area is 158 Å². The molecule has 1 heterocycles. The SMILES string of the molecule is COC(=O)c1ccc(Cc2cc(-c3ccccc3)nc3ccccc23)cc1. The van der Waals surface area contributed by atoms with Crippen LogP contribution in [0.1, 0.15) is 21.5 Å². The van der Waals surface area contributed by atoms with Crippen LogP contribution in [0.3, 0.4) is 0 Å². The van der Waals surface area contributed by atoms with E-state index in [1.807, 2.05) is 60.7 Å². The van der Waals surface area contributed by atoms with Gasteiger partial charge in [0.05, 0.1) is 23.9 Å². The molecule has 4 aromatic rings. The Balaban J connectivity index is 1.75. The van der Waals surface area contributed by atoms with Gasteiger partial charge in [-0.05, 0) is 41.8 Å². The summed E-state index contributed by atoms with van der Waals surface area (Å²) >= 11 is 0. The van der Waals surface area contributed by atoms with Crippen LogP contribution in [0.4, 0.5) is 0 Å². The summed E-state index contributed by atoms with van der Waals surface area (Å²) in [5, 5.41) is 1.15. The van der Waals surface area contributed by atoms with Crippen LogP contribution in [-0.4, -0.2) is 18.1 Å². The van der Waals surface area contributed by atoms with E-state index in [1.54, 1.807) is 0 Å². The quantitative estimate of drug-likeness (QED) is 0.469. The van der Waals surface area contributed by atoms with Gasteiger partial charge in [0.25, 0.3) is 0 Å². The summed E-state index contributed by atoms with van der Waals surface area (Å²) in [5.41, 5.74) is 5.97. The Kier molecular flexibility index (Phi) is 4.67. The lowest BCUT2D eigenvalue weighted by Gasteiger charge is -2.11. The van der Waals surface area contributed by atoms with Crippen molar-refractivity contribution in [1.29, 1.82) is 0 Å². The van der Waals surface area contributed by atoms with Crippen molar-refractivity contribution in [3.8, 4) is 11.3 Å². The van der Waals surface area contributed by atoms with E-state index in [-0.39, 0.29) is 5.97 Å². The van der Waals surface area contributed by atoms with Crippen LogP contribution >= 0.6 is 0 Å². The number of nitrogens with zero attached hydrogens (tertiary/aromatic N) is 1. The molecule has 3 aromatic carbocycles. The van der Waals surface area contributed by atoms with Crippen LogP contribution in [0.15, 0.2) is 84.9 Å². The lowest BCUT2D eigenvalue weighted by Crippen LogP contribution is -2.01. The third kappa shape index (κ3) is 3.58. The zero-order valence-corrected chi connectivity index (χ0v) is 15.1. The number of para-hydroxylation sites is 1. The fourth-order valence-corrected chi connectivity index (χ4v) is 3.25. The van der Waals surface area contributed by atoms with Gasteiger partial charge in [-0.15, -0.1) is 0 Å². The number of fused-ring (bicyclic) bond motifs is 1. The Bertz CT molecular complexity index is 1090. The van der Waals surface area contributed by atoms with Crippen molar-refractivity contribution in [2.24, 2.45) is 0 Å². The van der Waals surface area contributed by atoms with Gasteiger partial charge in [-0.2, -0.15) is 0 Å². The van der Waals surface area contributed by atoms with Gasteiger partial charge in [-0.3, -0.25) is 0 Å². The largest absolute Gasteiger partial charge is 0.465 e. The average molecular weight is 353 g/mol. The zero-order valence-electron chi connectivity index (χ0n) is 15.1. The summed E-state index contributed by atoms with van der Waals surface area (Å²) < 4.78 is 4.77. The third-order valence-electron chi connectivity index (χ3n) is 4.64. The van der Waals surface area contributed by atoms with Gasteiger partial charge in [0.1, 0.15) is 0 Å². The van der Waals surface area contributed by atoms with Crippen LogP contribution in [0.2, 0.25) is 0 Å². The lowest BCUT2D eigenvalue weighted by molar-refractivity contribution is 0.0600. The molecule has 0 radical (unpaired) electrons. The maximum Gasteiger partial charge on any atom is 0.337 e. The summed E-state index contributed by atoms with van der Waals surface area (Å²) in [7, 11) is 1.39. The number of hydrogen-bond acceptors (Lipinski definition) is 3. The molecule has 0 bridgehead atoms. The summed E-state index contributed by atoms with van der Waals surface area (Å²) in [4.78, 5) is 16.5. The number of methoxy groups -OCH3 is 1. The lowest BCUT2D eigenvalue weighted by atomic mass is 9.98. The van der Waals surface area contributed by atoms with E-state index in [1.165, 1.54) is 12.7 Å². The molecule has 0 aliphatic carbocycles. The second kappa shape index (κ2) is 7.42. The highest BCUT2D eigenvalue weighted by Crippen LogP contribution is 2.26. The maximum atomic E-state index is 11.6. The van der Waals surface area contributed by atoms with Crippen molar-refractivity contribution in [2.45, 2.75) is 6.42 Å². The molecule has 27 heavy (non-hydrogen) atoms. The van der Waals surface area contributed by atoms with E-state index >= 15 is 0 Å². The van der Waals surface area contributed by atoms with Gasteiger partial charge in [0.2, 0.25) is 0 Å². The topological polar surface area (TPSA) is 39.2 Å². The van der Waals surface area contributed by atoms with Gasteiger partial charge >= 0.3 is 5.97 Å². The fourth-order valence-electron chi connectivity index (χ4n) is 3.25. The highest BCUT2D eigenvalue weighted by atomic mass is 16.5. The second-order valence-corrected chi connectivity index (χ2v) is 6.42. The predicted molar refractivity (Wildman–Crippen MR) is 108 cm³/mol. The first kappa shape index (κ1) is 17.0. The van der Waals surface area contributed by atoms with E-state index in [4.69, 9.17) is 9.72 Å². The number of ether oxygens (including phenoxy) is 1. The minimum atomic E-state index is -0.317. The molecule has 0 atom stereocenters. The van der Waals surface area contributed by atoms with E-state index in [0.29, 0.717) is 5.56 Å². The highest BCUT2D eigenvalue weighted by molar-refractivity contribution is 5.89. The van der Waals surface area contributed by atoms with Crippen LogP contribution in [0.25, 0.3) is 22.2 Å². The summed E-state index contributed by atoms with van der Waals surface area (Å²) in [6.45, 7) is 0. The molecule has 0 aliphatic rings. The number of rotatable bonds is 4. The van der Waals surface area contributed by atoms with Crippen LogP contribution in [0.5, 0.6) is 0 Å². The van der Waals surface area contributed by atoms with E-state index in [2.05, 4.69) is 24.3 Å². The van der Waals surface area contributed by atoms with Gasteiger partial charge in [-0.25, -0.2) is 9.78 Å². The number of carbonyl (C=O) groups excluding carboxylic acids is 1. The number of benzene rings is 3. The first-order chi connectivity index (χ1) is 13.2. The molecule has 0 spiro atoms. The van der Waals surface area contributed by atoms with Crippen LogP contribution < -0.4 is 0 Å². The molecule has 0 N–H and O–H groups in total. The second-order valence-electron chi connectivity index (χ2n) is 6.42. The summed E-state index contributed by atoms with van der Waals surface area (Å²) in [6, 6.07) is 28.1. The van der Waals surface area contributed by atoms with Crippen molar-refractivity contribution < 1.29 is 9.53 Å². The molecule has 0 aliphatic heterocycles. The van der Waals surface area contributed by atoms with E-state index in [9.17, 15) is 4.79 Å². The van der Waals surface area contributed by atoms with Crippen molar-refractivity contribution in [2.75, 3.05) is 7.11 Å². The average Bonchev–Trinajstić information content (AvgIpc) is 2.74. The molecule has 0 fully saturated rings. The Morgan fingerprint density at radius 1 is 0.889 bits per heavy atom.